The van der Waals surface area contributed by atoms with Gasteiger partial charge in [-0.1, -0.05) is 24.3 Å². The van der Waals surface area contributed by atoms with Crippen molar-refractivity contribution < 1.29 is 33.3 Å². The summed E-state index contributed by atoms with van der Waals surface area (Å²) in [6.07, 6.45) is -0.544. The van der Waals surface area contributed by atoms with Crippen molar-refractivity contribution in [1.82, 2.24) is 0 Å². The minimum Gasteiger partial charge on any atom is -0.496 e. The minimum absolute atomic E-state index is 0.0587. The van der Waals surface area contributed by atoms with Crippen molar-refractivity contribution in [3.63, 3.8) is 0 Å². The van der Waals surface area contributed by atoms with Crippen LogP contribution in [0.2, 0.25) is 0 Å². The van der Waals surface area contributed by atoms with Crippen LogP contribution >= 0.6 is 0 Å². The minimum atomic E-state index is -1.09. The summed E-state index contributed by atoms with van der Waals surface area (Å²) < 4.78 is 19.9. The Morgan fingerprint density at radius 1 is 0.931 bits per heavy atom. The molecule has 0 fully saturated rings. The zero-order valence-electron chi connectivity index (χ0n) is 16.5. The van der Waals surface area contributed by atoms with E-state index in [0.29, 0.717) is 22.6 Å². The van der Waals surface area contributed by atoms with Crippen LogP contribution in [0.25, 0.3) is 0 Å². The van der Waals surface area contributed by atoms with Crippen molar-refractivity contribution in [2.24, 2.45) is 5.92 Å². The Hall–Kier alpha value is -3.55. The normalized spacial score (nSPS) is 10.2. The third kappa shape index (κ3) is 6.24. The molecule has 0 atom stereocenters. The molecule has 0 aliphatic heterocycles. The van der Waals surface area contributed by atoms with Crippen molar-refractivity contribution in [1.29, 1.82) is 0 Å². The quantitative estimate of drug-likeness (QED) is 0.412. The molecule has 2 aromatic carbocycles. The van der Waals surface area contributed by atoms with Crippen LogP contribution in [0, 0.1) is 5.92 Å². The van der Waals surface area contributed by atoms with Gasteiger partial charge < -0.3 is 18.9 Å². The maximum Gasteiger partial charge on any atom is 0.411 e. The highest BCUT2D eigenvalue weighted by molar-refractivity contribution is 5.95. The molecule has 0 saturated heterocycles. The Morgan fingerprint density at radius 3 is 2.17 bits per heavy atom. The highest BCUT2D eigenvalue weighted by Crippen LogP contribution is 2.23. The van der Waals surface area contributed by atoms with E-state index in [0.717, 1.165) is 0 Å². The SMILES string of the molecule is COC(=O)C(Cc1ccc(OC)c(COC(=O)Nc2ccccc2)c1)C(=O)OC. The lowest BCUT2D eigenvalue weighted by Gasteiger charge is -2.15. The molecule has 0 aliphatic rings. The van der Waals surface area contributed by atoms with Gasteiger partial charge in [-0.25, -0.2) is 4.79 Å². The van der Waals surface area contributed by atoms with E-state index < -0.39 is 23.9 Å². The number of hydrogen-bond donors (Lipinski definition) is 1. The van der Waals surface area contributed by atoms with Gasteiger partial charge >= 0.3 is 18.0 Å². The predicted molar refractivity (Wildman–Crippen MR) is 104 cm³/mol. The molecule has 1 N–H and O–H groups in total. The fourth-order valence-corrected chi connectivity index (χ4v) is 2.67. The van der Waals surface area contributed by atoms with Crippen molar-refractivity contribution in [2.45, 2.75) is 13.0 Å². The lowest BCUT2D eigenvalue weighted by atomic mass is 9.97. The van der Waals surface area contributed by atoms with Crippen molar-refractivity contribution in [2.75, 3.05) is 26.6 Å². The summed E-state index contributed by atoms with van der Waals surface area (Å²) in [5.74, 6) is -1.96. The number of esters is 2. The van der Waals surface area contributed by atoms with Gasteiger partial charge in [-0.3, -0.25) is 14.9 Å². The van der Waals surface area contributed by atoms with E-state index >= 15 is 0 Å². The molecule has 2 rings (SSSR count). The highest BCUT2D eigenvalue weighted by Gasteiger charge is 2.29. The summed E-state index contributed by atoms with van der Waals surface area (Å²) in [6, 6.07) is 14.0. The molecule has 29 heavy (non-hydrogen) atoms. The van der Waals surface area contributed by atoms with E-state index in [4.69, 9.17) is 9.47 Å². The first-order valence-corrected chi connectivity index (χ1v) is 8.78. The van der Waals surface area contributed by atoms with Crippen LogP contribution in [0.4, 0.5) is 10.5 Å². The monoisotopic (exact) mass is 401 g/mol. The average Bonchev–Trinajstić information content (AvgIpc) is 2.75. The van der Waals surface area contributed by atoms with Crippen LogP contribution in [-0.2, 0) is 36.8 Å². The Balaban J connectivity index is 2.10. The first-order chi connectivity index (χ1) is 14.0. The molecule has 0 aromatic heterocycles. The number of amides is 1. The number of benzene rings is 2. The third-order valence-corrected chi connectivity index (χ3v) is 4.13. The number of nitrogens with one attached hydrogen (secondary N) is 1. The molecule has 0 aliphatic carbocycles. The Bertz CT molecular complexity index is 835. The lowest BCUT2D eigenvalue weighted by Crippen LogP contribution is -2.28. The molecule has 0 spiro atoms. The molecule has 8 heteroatoms. The molecular weight excluding hydrogens is 378 g/mol. The van der Waals surface area contributed by atoms with E-state index in [1.165, 1.54) is 21.3 Å². The molecule has 0 unspecified atom stereocenters. The van der Waals surface area contributed by atoms with E-state index in [1.807, 2.05) is 6.07 Å². The molecule has 2 aromatic rings. The zero-order chi connectivity index (χ0) is 21.2. The van der Waals surface area contributed by atoms with Gasteiger partial charge in [0.1, 0.15) is 12.4 Å². The second kappa shape index (κ2) is 10.7. The van der Waals surface area contributed by atoms with Crippen molar-refractivity contribution >= 4 is 23.7 Å². The number of anilines is 1. The predicted octanol–water partition coefficient (Wildman–Crippen LogP) is 2.95. The molecule has 1 amide bonds. The molecule has 0 bridgehead atoms. The second-order valence-electron chi connectivity index (χ2n) is 6.02. The van der Waals surface area contributed by atoms with Gasteiger partial charge in [-0.15, -0.1) is 0 Å². The van der Waals surface area contributed by atoms with Gasteiger partial charge in [-0.05, 0) is 36.2 Å². The van der Waals surface area contributed by atoms with Gasteiger partial charge in [0.25, 0.3) is 0 Å². The van der Waals surface area contributed by atoms with E-state index in [1.54, 1.807) is 42.5 Å². The number of ether oxygens (including phenoxy) is 4. The van der Waals surface area contributed by atoms with Crippen LogP contribution in [0.3, 0.4) is 0 Å². The Morgan fingerprint density at radius 2 is 1.59 bits per heavy atom. The number of rotatable bonds is 8. The lowest BCUT2D eigenvalue weighted by molar-refractivity contribution is -0.158. The Kier molecular flexibility index (Phi) is 8.02. The highest BCUT2D eigenvalue weighted by atomic mass is 16.6. The molecular formula is C21H23NO7. The van der Waals surface area contributed by atoms with Crippen molar-refractivity contribution in [3.05, 3.63) is 59.7 Å². The topological polar surface area (TPSA) is 100 Å². The van der Waals surface area contributed by atoms with Crippen LogP contribution < -0.4 is 10.1 Å². The van der Waals surface area contributed by atoms with Crippen LogP contribution in [0.1, 0.15) is 11.1 Å². The first-order valence-electron chi connectivity index (χ1n) is 8.78. The van der Waals surface area contributed by atoms with Gasteiger partial charge in [-0.2, -0.15) is 0 Å². The van der Waals surface area contributed by atoms with E-state index in [2.05, 4.69) is 14.8 Å². The maximum absolute atomic E-state index is 12.0. The van der Waals surface area contributed by atoms with E-state index in [-0.39, 0.29) is 13.0 Å². The summed E-state index contributed by atoms with van der Waals surface area (Å²) in [5, 5.41) is 2.62. The number of hydrogen-bond acceptors (Lipinski definition) is 7. The van der Waals surface area contributed by atoms with Crippen LogP contribution in [0.15, 0.2) is 48.5 Å². The molecule has 8 nitrogen and oxygen atoms in total. The Labute approximate surface area is 168 Å². The van der Waals surface area contributed by atoms with Crippen LogP contribution in [0.5, 0.6) is 5.75 Å². The van der Waals surface area contributed by atoms with Gasteiger partial charge in [0.2, 0.25) is 0 Å². The summed E-state index contributed by atoms with van der Waals surface area (Å²) in [5.41, 5.74) is 1.85. The van der Waals surface area contributed by atoms with Gasteiger partial charge in [0.15, 0.2) is 5.92 Å². The third-order valence-electron chi connectivity index (χ3n) is 4.13. The first kappa shape index (κ1) is 21.7. The fourth-order valence-electron chi connectivity index (χ4n) is 2.67. The smallest absolute Gasteiger partial charge is 0.411 e. The fraction of sp³-hybridized carbons (Fsp3) is 0.286. The maximum atomic E-state index is 12.0. The summed E-state index contributed by atoms with van der Waals surface area (Å²) in [7, 11) is 3.90. The molecule has 0 saturated carbocycles. The van der Waals surface area contributed by atoms with Crippen molar-refractivity contribution in [3.8, 4) is 5.75 Å². The molecule has 154 valence electrons. The number of carbonyl (C=O) groups excluding carboxylic acids is 3. The average molecular weight is 401 g/mol. The molecule has 0 heterocycles. The van der Waals surface area contributed by atoms with Crippen LogP contribution in [-0.4, -0.2) is 39.4 Å². The summed E-state index contributed by atoms with van der Waals surface area (Å²) >= 11 is 0. The number of methoxy groups -OCH3 is 3. The number of carbonyl (C=O) groups is 3. The van der Waals surface area contributed by atoms with Gasteiger partial charge in [0.05, 0.1) is 21.3 Å². The zero-order valence-corrected chi connectivity index (χ0v) is 16.5. The second-order valence-corrected chi connectivity index (χ2v) is 6.02. The summed E-state index contributed by atoms with van der Waals surface area (Å²) in [4.78, 5) is 35.8. The van der Waals surface area contributed by atoms with E-state index in [9.17, 15) is 14.4 Å². The molecule has 0 radical (unpaired) electrons. The summed E-state index contributed by atoms with van der Waals surface area (Å²) in [6.45, 7) is -0.0587. The standard InChI is InChI=1S/C21H23NO7/c1-26-18-10-9-14(12-17(19(23)27-2)20(24)28-3)11-15(18)13-29-21(25)22-16-7-5-4-6-8-16/h4-11,17H,12-13H2,1-3H3,(H,22,25). The largest absolute Gasteiger partial charge is 0.496 e. The van der Waals surface area contributed by atoms with Gasteiger partial charge in [0, 0.05) is 11.3 Å². The number of para-hydroxylation sites is 1.